The molecule has 2 aromatic rings. The van der Waals surface area contributed by atoms with Gasteiger partial charge in [0.25, 0.3) is 5.91 Å². The molecule has 22 heavy (non-hydrogen) atoms. The second-order valence-electron chi connectivity index (χ2n) is 4.70. The number of anilines is 1. The molecule has 6 heteroatoms. The summed E-state index contributed by atoms with van der Waals surface area (Å²) in [4.78, 5) is 24.0. The van der Waals surface area contributed by atoms with Gasteiger partial charge in [-0.2, -0.15) is 5.10 Å². The van der Waals surface area contributed by atoms with Crippen LogP contribution in [0.2, 0.25) is 0 Å². The molecule has 2 N–H and O–H groups in total. The molecule has 0 saturated carbocycles. The Balaban J connectivity index is 2.07. The molecule has 0 saturated heterocycles. The maximum absolute atomic E-state index is 12.0. The molecule has 0 atom stereocenters. The van der Waals surface area contributed by atoms with Crippen LogP contribution in [0.5, 0.6) is 0 Å². The van der Waals surface area contributed by atoms with Gasteiger partial charge in [0, 0.05) is 6.20 Å². The second kappa shape index (κ2) is 7.09. The molecule has 0 spiro atoms. The molecule has 6 nitrogen and oxygen atoms in total. The molecule has 1 aromatic heterocycles. The summed E-state index contributed by atoms with van der Waals surface area (Å²) in [6.07, 6.45) is 8.56. The largest absolute Gasteiger partial charge is 0.341 e. The molecule has 0 aliphatic carbocycles. The van der Waals surface area contributed by atoms with Gasteiger partial charge in [-0.3, -0.25) is 14.3 Å². The number of rotatable bonds is 5. The Labute approximate surface area is 128 Å². The molecule has 2 amide bonds. The van der Waals surface area contributed by atoms with Crippen molar-refractivity contribution in [1.29, 1.82) is 0 Å². The first-order valence-electron chi connectivity index (χ1n) is 6.69. The Kier molecular flexibility index (Phi) is 4.94. The summed E-state index contributed by atoms with van der Waals surface area (Å²) < 4.78 is 1.53. The predicted octanol–water partition coefficient (Wildman–Crippen LogP) is 1.19. The maximum atomic E-state index is 12.0. The molecule has 0 bridgehead atoms. The van der Waals surface area contributed by atoms with Crippen molar-refractivity contribution < 1.29 is 9.59 Å². The molecule has 0 aliphatic heterocycles. The summed E-state index contributed by atoms with van der Waals surface area (Å²) in [5.74, 6) is 1.74. The van der Waals surface area contributed by atoms with Crippen molar-refractivity contribution >= 4 is 17.5 Å². The number of hydrogen-bond donors (Lipinski definition) is 2. The van der Waals surface area contributed by atoms with Gasteiger partial charge in [-0.25, -0.2) is 0 Å². The predicted molar refractivity (Wildman–Crippen MR) is 83.2 cm³/mol. The van der Waals surface area contributed by atoms with Crippen LogP contribution in [0.1, 0.15) is 15.9 Å². The molecule has 1 aromatic carbocycles. The zero-order valence-electron chi connectivity index (χ0n) is 12.2. The average Bonchev–Trinajstić information content (AvgIpc) is 2.90. The van der Waals surface area contributed by atoms with Crippen LogP contribution in [0.25, 0.3) is 0 Å². The first-order valence-corrected chi connectivity index (χ1v) is 6.69. The summed E-state index contributed by atoms with van der Waals surface area (Å²) in [6.45, 7) is 2.11. The molecule has 0 fully saturated rings. The fraction of sp³-hybridized carbons (Fsp3) is 0.188. The lowest BCUT2D eigenvalue weighted by atomic mass is 10.1. The Morgan fingerprint density at radius 2 is 2.14 bits per heavy atom. The van der Waals surface area contributed by atoms with Crippen molar-refractivity contribution in [2.75, 3.05) is 11.9 Å². The van der Waals surface area contributed by atoms with Crippen molar-refractivity contribution in [2.24, 2.45) is 0 Å². The van der Waals surface area contributed by atoms with Crippen LogP contribution < -0.4 is 10.6 Å². The number of aryl methyl sites for hydroxylation is 1. The smallest absolute Gasteiger partial charge is 0.254 e. The molecule has 0 aliphatic rings. The topological polar surface area (TPSA) is 76.0 Å². The number of hydrogen-bond acceptors (Lipinski definition) is 3. The van der Waals surface area contributed by atoms with E-state index < -0.39 is 0 Å². The number of carbonyl (C=O) groups excluding carboxylic acids is 2. The highest BCUT2D eigenvalue weighted by molar-refractivity contribution is 6.03. The Bertz CT molecular complexity index is 728. The molecule has 0 unspecified atom stereocenters. The number of benzene rings is 1. The van der Waals surface area contributed by atoms with Crippen LogP contribution in [0.15, 0.2) is 36.7 Å². The van der Waals surface area contributed by atoms with E-state index in [-0.39, 0.29) is 24.9 Å². The first-order chi connectivity index (χ1) is 10.6. The van der Waals surface area contributed by atoms with E-state index in [0.717, 1.165) is 5.56 Å². The standard InChI is InChI=1S/C16H16N4O2/c1-3-8-17-16(22)13-6-4-5-7-14(13)19-15(21)11-20-10-12(2)9-18-20/h1,4-7,9-10H,8,11H2,2H3,(H,17,22)(H,19,21). The summed E-state index contributed by atoms with van der Waals surface area (Å²) in [5.41, 5.74) is 1.77. The third-order valence-corrected chi connectivity index (χ3v) is 2.86. The van der Waals surface area contributed by atoms with Crippen LogP contribution in [-0.4, -0.2) is 28.1 Å². The van der Waals surface area contributed by atoms with Crippen LogP contribution in [0.4, 0.5) is 5.69 Å². The highest BCUT2D eigenvalue weighted by Gasteiger charge is 2.12. The number of para-hydroxylation sites is 1. The van der Waals surface area contributed by atoms with Gasteiger partial charge in [-0.15, -0.1) is 6.42 Å². The van der Waals surface area contributed by atoms with Crippen molar-refractivity contribution in [1.82, 2.24) is 15.1 Å². The van der Waals surface area contributed by atoms with E-state index in [1.165, 1.54) is 4.68 Å². The van der Waals surface area contributed by atoms with Gasteiger partial charge in [0.1, 0.15) is 6.54 Å². The minimum absolute atomic E-state index is 0.0775. The Morgan fingerprint density at radius 3 is 2.82 bits per heavy atom. The van der Waals surface area contributed by atoms with Gasteiger partial charge >= 0.3 is 0 Å². The zero-order valence-corrected chi connectivity index (χ0v) is 12.2. The van der Waals surface area contributed by atoms with Crippen LogP contribution >= 0.6 is 0 Å². The maximum Gasteiger partial charge on any atom is 0.254 e. The summed E-state index contributed by atoms with van der Waals surface area (Å²) in [6, 6.07) is 6.75. The summed E-state index contributed by atoms with van der Waals surface area (Å²) in [7, 11) is 0. The fourth-order valence-electron chi connectivity index (χ4n) is 1.91. The average molecular weight is 296 g/mol. The number of nitrogens with zero attached hydrogens (tertiary/aromatic N) is 2. The number of terminal acetylenes is 1. The first kappa shape index (κ1) is 15.3. The number of nitrogens with one attached hydrogen (secondary N) is 2. The van der Waals surface area contributed by atoms with Crippen molar-refractivity contribution in [3.8, 4) is 12.3 Å². The Hall–Kier alpha value is -3.07. The van der Waals surface area contributed by atoms with Crippen molar-refractivity contribution in [3.63, 3.8) is 0 Å². The third kappa shape index (κ3) is 3.96. The second-order valence-corrected chi connectivity index (χ2v) is 4.70. The quantitative estimate of drug-likeness (QED) is 0.814. The van der Waals surface area contributed by atoms with Crippen LogP contribution in [-0.2, 0) is 11.3 Å². The fourth-order valence-corrected chi connectivity index (χ4v) is 1.91. The lowest BCUT2D eigenvalue weighted by molar-refractivity contribution is -0.116. The lowest BCUT2D eigenvalue weighted by Crippen LogP contribution is -2.26. The van der Waals surface area contributed by atoms with Gasteiger partial charge in [0.15, 0.2) is 0 Å². The van der Waals surface area contributed by atoms with Crippen LogP contribution in [0.3, 0.4) is 0 Å². The van der Waals surface area contributed by atoms with E-state index >= 15 is 0 Å². The van der Waals surface area contributed by atoms with Gasteiger partial charge in [-0.05, 0) is 24.6 Å². The van der Waals surface area contributed by atoms with Gasteiger partial charge in [0.2, 0.25) is 5.91 Å². The third-order valence-electron chi connectivity index (χ3n) is 2.86. The SMILES string of the molecule is C#CCNC(=O)c1ccccc1NC(=O)Cn1cc(C)cn1. The molecular formula is C16H16N4O2. The highest BCUT2D eigenvalue weighted by atomic mass is 16.2. The molecular weight excluding hydrogens is 280 g/mol. The Morgan fingerprint density at radius 1 is 1.36 bits per heavy atom. The minimum Gasteiger partial charge on any atom is -0.341 e. The van der Waals surface area contributed by atoms with E-state index in [0.29, 0.717) is 11.3 Å². The van der Waals surface area contributed by atoms with Crippen molar-refractivity contribution in [3.05, 3.63) is 47.8 Å². The van der Waals surface area contributed by atoms with E-state index in [1.54, 1.807) is 36.7 Å². The van der Waals surface area contributed by atoms with Crippen LogP contribution in [0, 0.1) is 19.3 Å². The van der Waals surface area contributed by atoms with E-state index in [4.69, 9.17) is 6.42 Å². The van der Waals surface area contributed by atoms with E-state index in [1.807, 2.05) is 6.92 Å². The highest BCUT2D eigenvalue weighted by Crippen LogP contribution is 2.15. The van der Waals surface area contributed by atoms with Crippen molar-refractivity contribution in [2.45, 2.75) is 13.5 Å². The number of carbonyl (C=O) groups is 2. The van der Waals surface area contributed by atoms with Gasteiger partial charge in [-0.1, -0.05) is 18.1 Å². The minimum atomic E-state index is -0.330. The number of amides is 2. The van der Waals surface area contributed by atoms with Gasteiger partial charge < -0.3 is 10.6 Å². The molecule has 2 rings (SSSR count). The molecule has 1 heterocycles. The molecule has 0 radical (unpaired) electrons. The van der Waals surface area contributed by atoms with E-state index in [9.17, 15) is 9.59 Å². The monoisotopic (exact) mass is 296 g/mol. The normalized spacial score (nSPS) is 9.82. The zero-order chi connectivity index (χ0) is 15.9. The number of aromatic nitrogens is 2. The summed E-state index contributed by atoms with van der Waals surface area (Å²) in [5, 5.41) is 9.33. The van der Waals surface area contributed by atoms with E-state index in [2.05, 4.69) is 21.7 Å². The summed E-state index contributed by atoms with van der Waals surface area (Å²) >= 11 is 0. The lowest BCUT2D eigenvalue weighted by Gasteiger charge is -2.10. The van der Waals surface area contributed by atoms with Gasteiger partial charge in [0.05, 0.1) is 24.0 Å². The molecule has 112 valence electrons.